The average molecular weight is 403 g/mol. The smallest absolute Gasteiger partial charge is 0.345 e. The third-order valence-electron chi connectivity index (χ3n) is 4.60. The number of piperidine rings is 1. The molecule has 1 N–H and O–H groups in total. The van der Waals surface area contributed by atoms with E-state index in [0.717, 1.165) is 19.4 Å². The summed E-state index contributed by atoms with van der Waals surface area (Å²) in [5, 5.41) is 2.13. The van der Waals surface area contributed by atoms with E-state index in [1.165, 1.54) is 0 Å². The van der Waals surface area contributed by atoms with Crippen LogP contribution in [0.1, 0.15) is 53.9 Å². The molecule has 162 valence electrons. The van der Waals surface area contributed by atoms with E-state index in [1.807, 2.05) is 40.7 Å². The van der Waals surface area contributed by atoms with Gasteiger partial charge in [-0.3, -0.25) is 4.79 Å². The van der Waals surface area contributed by atoms with Crippen molar-refractivity contribution >= 4 is 5.91 Å². The number of halogens is 3. The van der Waals surface area contributed by atoms with Crippen LogP contribution in [-0.2, 0) is 4.79 Å². The fraction of sp³-hybridized carbons (Fsp3) is 0.682. The Morgan fingerprint density at radius 2 is 1.79 bits per heavy atom. The first-order valence-corrected chi connectivity index (χ1v) is 10.5. The first-order valence-electron chi connectivity index (χ1n) is 10.5. The Morgan fingerprint density at radius 1 is 1.11 bits per heavy atom. The standard InChI is InChI=1S/C18H25F3N2O.2C2H6/c1-14-13-23(11-9-15-7-5-3-2-4-6-8-15)12-10-16(14)22-17(24)18(19,20)21;2*1-2/h2-3,5-8,14-16H,4,9-13H2,1H3,(H,22,24);2*1-2H3/b3-2?,7-5?,8-6-;;. The SMILES string of the molecule is CC.CC.CC1CN(CCC2C=CC=CC/C=C\2)CCC1NC(=O)C(F)(F)F. The lowest BCUT2D eigenvalue weighted by atomic mass is 9.93. The van der Waals surface area contributed by atoms with Gasteiger partial charge in [-0.2, -0.15) is 13.2 Å². The minimum atomic E-state index is -4.80. The van der Waals surface area contributed by atoms with Crippen LogP contribution in [0, 0.1) is 11.8 Å². The minimum Gasteiger partial charge on any atom is -0.345 e. The maximum absolute atomic E-state index is 12.4. The van der Waals surface area contributed by atoms with Gasteiger partial charge in [-0.15, -0.1) is 0 Å². The van der Waals surface area contributed by atoms with E-state index in [-0.39, 0.29) is 5.92 Å². The van der Waals surface area contributed by atoms with E-state index in [0.29, 0.717) is 25.4 Å². The molecule has 3 nitrogen and oxygen atoms in total. The number of amides is 1. The largest absolute Gasteiger partial charge is 0.471 e. The van der Waals surface area contributed by atoms with Crippen LogP contribution in [0.5, 0.6) is 0 Å². The molecule has 1 aliphatic carbocycles. The molecule has 0 aromatic carbocycles. The summed E-state index contributed by atoms with van der Waals surface area (Å²) < 4.78 is 37.1. The highest BCUT2D eigenvalue weighted by molar-refractivity contribution is 5.81. The van der Waals surface area contributed by atoms with Crippen LogP contribution < -0.4 is 5.32 Å². The molecule has 1 aliphatic heterocycles. The van der Waals surface area contributed by atoms with Gasteiger partial charge in [-0.05, 0) is 37.6 Å². The van der Waals surface area contributed by atoms with Crippen molar-refractivity contribution in [2.24, 2.45) is 11.8 Å². The molecule has 0 radical (unpaired) electrons. The van der Waals surface area contributed by atoms with E-state index >= 15 is 0 Å². The number of allylic oxidation sites excluding steroid dienone is 6. The van der Waals surface area contributed by atoms with Gasteiger partial charge in [0.25, 0.3) is 0 Å². The second-order valence-electron chi connectivity index (χ2n) is 6.57. The third kappa shape index (κ3) is 10.1. The molecule has 0 aromatic heterocycles. The molecule has 0 aromatic rings. The van der Waals surface area contributed by atoms with Crippen LogP contribution in [-0.4, -0.2) is 42.7 Å². The number of alkyl halides is 3. The highest BCUT2D eigenvalue weighted by atomic mass is 19.4. The number of hydrogen-bond donors (Lipinski definition) is 1. The van der Waals surface area contributed by atoms with Crippen molar-refractivity contribution in [1.82, 2.24) is 10.2 Å². The number of carbonyl (C=O) groups is 1. The van der Waals surface area contributed by atoms with Crippen LogP contribution in [0.3, 0.4) is 0 Å². The van der Waals surface area contributed by atoms with Gasteiger partial charge >= 0.3 is 12.1 Å². The van der Waals surface area contributed by atoms with Crippen molar-refractivity contribution in [3.63, 3.8) is 0 Å². The lowest BCUT2D eigenvalue weighted by molar-refractivity contribution is -0.175. The van der Waals surface area contributed by atoms with Crippen molar-refractivity contribution in [1.29, 1.82) is 0 Å². The van der Waals surface area contributed by atoms with E-state index in [4.69, 9.17) is 0 Å². The van der Waals surface area contributed by atoms with Gasteiger partial charge in [0.15, 0.2) is 0 Å². The Bertz CT molecular complexity index is 512. The molecule has 3 atom stereocenters. The van der Waals surface area contributed by atoms with Gasteiger partial charge in [0.2, 0.25) is 0 Å². The van der Waals surface area contributed by atoms with Crippen molar-refractivity contribution < 1.29 is 18.0 Å². The molecule has 1 amide bonds. The predicted molar refractivity (Wildman–Crippen MR) is 111 cm³/mol. The summed E-state index contributed by atoms with van der Waals surface area (Å²) in [6.07, 6.45) is 10.4. The maximum Gasteiger partial charge on any atom is 0.471 e. The molecule has 2 aliphatic rings. The van der Waals surface area contributed by atoms with Gasteiger partial charge in [0, 0.05) is 19.1 Å². The maximum atomic E-state index is 12.4. The zero-order valence-corrected chi connectivity index (χ0v) is 17.9. The summed E-state index contributed by atoms with van der Waals surface area (Å²) in [7, 11) is 0. The summed E-state index contributed by atoms with van der Waals surface area (Å²) in [4.78, 5) is 13.4. The topological polar surface area (TPSA) is 32.3 Å². The number of carbonyl (C=O) groups excluding carboxylic acids is 1. The predicted octanol–water partition coefficient (Wildman–Crippen LogP) is 5.51. The zero-order valence-electron chi connectivity index (χ0n) is 17.9. The number of nitrogens with zero attached hydrogens (tertiary/aromatic N) is 1. The lowest BCUT2D eigenvalue weighted by Crippen LogP contribution is -2.52. The van der Waals surface area contributed by atoms with Gasteiger partial charge in [-0.1, -0.05) is 71.1 Å². The average Bonchev–Trinajstić information content (AvgIpc) is 2.65. The lowest BCUT2D eigenvalue weighted by Gasteiger charge is -2.37. The molecule has 1 saturated heterocycles. The summed E-state index contributed by atoms with van der Waals surface area (Å²) in [5.41, 5.74) is 0. The summed E-state index contributed by atoms with van der Waals surface area (Å²) >= 11 is 0. The first kappa shape index (κ1) is 26.4. The van der Waals surface area contributed by atoms with Gasteiger partial charge in [0.05, 0.1) is 0 Å². The summed E-state index contributed by atoms with van der Waals surface area (Å²) in [6, 6.07) is -0.401. The van der Waals surface area contributed by atoms with Gasteiger partial charge in [-0.25, -0.2) is 0 Å². The van der Waals surface area contributed by atoms with Crippen molar-refractivity contribution in [2.45, 2.75) is 66.1 Å². The number of nitrogens with one attached hydrogen (secondary N) is 1. The van der Waals surface area contributed by atoms with Crippen LogP contribution in [0.25, 0.3) is 0 Å². The molecule has 0 spiro atoms. The van der Waals surface area contributed by atoms with E-state index < -0.39 is 18.1 Å². The van der Waals surface area contributed by atoms with Gasteiger partial charge in [0.1, 0.15) is 0 Å². The van der Waals surface area contributed by atoms with Crippen LogP contribution >= 0.6 is 0 Å². The second-order valence-corrected chi connectivity index (χ2v) is 6.57. The van der Waals surface area contributed by atoms with Crippen molar-refractivity contribution in [3.05, 3.63) is 36.5 Å². The fourth-order valence-corrected chi connectivity index (χ4v) is 3.18. The highest BCUT2D eigenvalue weighted by Gasteiger charge is 2.41. The normalized spacial score (nSPS) is 25.9. The third-order valence-corrected chi connectivity index (χ3v) is 4.60. The molecule has 1 heterocycles. The van der Waals surface area contributed by atoms with Crippen LogP contribution in [0.4, 0.5) is 13.2 Å². The van der Waals surface area contributed by atoms with Crippen molar-refractivity contribution in [3.8, 4) is 0 Å². The molecule has 0 bridgehead atoms. The summed E-state index contributed by atoms with van der Waals surface area (Å²) in [6.45, 7) is 12.2. The molecular weight excluding hydrogens is 365 g/mol. The Balaban J connectivity index is 0.00000171. The number of hydrogen-bond acceptors (Lipinski definition) is 2. The summed E-state index contributed by atoms with van der Waals surface area (Å²) in [5.74, 6) is -1.42. The highest BCUT2D eigenvalue weighted by Crippen LogP contribution is 2.21. The monoisotopic (exact) mass is 402 g/mol. The molecule has 28 heavy (non-hydrogen) atoms. The van der Waals surface area contributed by atoms with Crippen molar-refractivity contribution in [2.75, 3.05) is 19.6 Å². The van der Waals surface area contributed by atoms with E-state index in [1.54, 1.807) is 0 Å². The Kier molecular flexibility index (Phi) is 13.6. The fourth-order valence-electron chi connectivity index (χ4n) is 3.18. The van der Waals surface area contributed by atoms with Gasteiger partial charge < -0.3 is 10.2 Å². The Hall–Kier alpha value is -1.56. The minimum absolute atomic E-state index is 0.0106. The van der Waals surface area contributed by atoms with E-state index in [2.05, 4.69) is 40.6 Å². The quantitative estimate of drug-likeness (QED) is 0.629. The second kappa shape index (κ2) is 14.4. The molecule has 1 fully saturated rings. The van der Waals surface area contributed by atoms with Crippen LogP contribution in [0.2, 0.25) is 0 Å². The molecule has 6 heteroatoms. The Labute approximate surface area is 168 Å². The molecular formula is C22H37F3N2O. The first-order chi connectivity index (χ1) is 13.4. The van der Waals surface area contributed by atoms with Crippen LogP contribution in [0.15, 0.2) is 36.5 Å². The molecule has 2 rings (SSSR count). The number of rotatable bonds is 4. The number of likely N-dealkylation sites (tertiary alicyclic amines) is 1. The Morgan fingerprint density at radius 3 is 2.39 bits per heavy atom. The molecule has 3 unspecified atom stereocenters. The zero-order chi connectivity index (χ0) is 21.6. The molecule has 0 saturated carbocycles. The van der Waals surface area contributed by atoms with E-state index in [9.17, 15) is 18.0 Å².